The lowest BCUT2D eigenvalue weighted by Crippen LogP contribution is -2.39. The first kappa shape index (κ1) is 14.7. The van der Waals surface area contributed by atoms with Gasteiger partial charge in [0.2, 0.25) is 0 Å². The highest BCUT2D eigenvalue weighted by Crippen LogP contribution is 2.26. The van der Waals surface area contributed by atoms with Gasteiger partial charge in [-0.15, -0.1) is 0 Å². The Bertz CT molecular complexity index is 437. The summed E-state index contributed by atoms with van der Waals surface area (Å²) in [7, 11) is 3.32. The van der Waals surface area contributed by atoms with Crippen molar-refractivity contribution in [2.24, 2.45) is 5.92 Å². The molecule has 0 aliphatic carbocycles. The second-order valence-electron chi connectivity index (χ2n) is 4.87. The fourth-order valence-corrected chi connectivity index (χ4v) is 2.61. The molecule has 0 bridgehead atoms. The molecule has 110 valence electrons. The predicted molar refractivity (Wildman–Crippen MR) is 73.9 cm³/mol. The Kier molecular flexibility index (Phi) is 4.92. The number of methoxy groups -OCH3 is 2. The molecule has 1 aromatic heterocycles. The van der Waals surface area contributed by atoms with E-state index in [0.717, 1.165) is 31.6 Å². The van der Waals surface area contributed by atoms with Crippen molar-refractivity contribution < 1.29 is 19.4 Å². The summed E-state index contributed by atoms with van der Waals surface area (Å²) < 4.78 is 10.6. The molecule has 0 aromatic carbocycles. The quantitative estimate of drug-likeness (QED) is 0.826. The average molecular weight is 280 g/mol. The minimum Gasteiger partial charge on any atom is -0.477 e. The first-order valence-corrected chi connectivity index (χ1v) is 6.65. The molecule has 0 saturated carbocycles. The molecule has 1 saturated heterocycles. The standard InChI is InChI=1S/C14H20N2O4/c1-19-14(20-2)10-5-7-16(8-6-10)11-3-4-12(13(17)18)15-9-11/h3-4,9-10,14H,5-8H2,1-2H3,(H,17,18). The van der Waals surface area contributed by atoms with Gasteiger partial charge in [0.15, 0.2) is 6.29 Å². The Morgan fingerprint density at radius 2 is 2.00 bits per heavy atom. The van der Waals surface area contributed by atoms with Crippen molar-refractivity contribution in [2.45, 2.75) is 19.1 Å². The number of rotatable bonds is 5. The minimum absolute atomic E-state index is 0.0717. The van der Waals surface area contributed by atoms with E-state index >= 15 is 0 Å². The summed E-state index contributed by atoms with van der Waals surface area (Å²) in [4.78, 5) is 16.9. The molecular weight excluding hydrogens is 260 g/mol. The van der Waals surface area contributed by atoms with Crippen molar-refractivity contribution in [1.82, 2.24) is 4.98 Å². The first-order chi connectivity index (χ1) is 9.65. The van der Waals surface area contributed by atoms with Gasteiger partial charge in [-0.3, -0.25) is 0 Å². The van der Waals surface area contributed by atoms with Gasteiger partial charge < -0.3 is 19.5 Å². The SMILES string of the molecule is COC(OC)C1CCN(c2ccc(C(=O)O)nc2)CC1. The Labute approximate surface area is 118 Å². The molecule has 2 heterocycles. The number of hydrogen-bond acceptors (Lipinski definition) is 5. The number of anilines is 1. The average Bonchev–Trinajstić information content (AvgIpc) is 2.49. The summed E-state index contributed by atoms with van der Waals surface area (Å²) in [5, 5.41) is 8.83. The van der Waals surface area contributed by atoms with E-state index in [4.69, 9.17) is 14.6 Å². The van der Waals surface area contributed by atoms with Gasteiger partial charge in [-0.05, 0) is 25.0 Å². The fourth-order valence-electron chi connectivity index (χ4n) is 2.61. The van der Waals surface area contributed by atoms with Gasteiger partial charge in [0.05, 0.1) is 11.9 Å². The van der Waals surface area contributed by atoms with Crippen molar-refractivity contribution in [3.63, 3.8) is 0 Å². The Hall–Kier alpha value is -1.66. The maximum Gasteiger partial charge on any atom is 0.354 e. The van der Waals surface area contributed by atoms with Gasteiger partial charge in [-0.25, -0.2) is 9.78 Å². The normalized spacial score (nSPS) is 16.6. The smallest absolute Gasteiger partial charge is 0.354 e. The van der Waals surface area contributed by atoms with Crippen molar-refractivity contribution in [3.8, 4) is 0 Å². The van der Waals surface area contributed by atoms with E-state index in [-0.39, 0.29) is 12.0 Å². The van der Waals surface area contributed by atoms with Crippen LogP contribution >= 0.6 is 0 Å². The van der Waals surface area contributed by atoms with E-state index in [1.807, 2.05) is 0 Å². The van der Waals surface area contributed by atoms with E-state index in [2.05, 4.69) is 9.88 Å². The summed E-state index contributed by atoms with van der Waals surface area (Å²) in [6.07, 6.45) is 3.43. The molecule has 6 heteroatoms. The number of nitrogens with zero attached hydrogens (tertiary/aromatic N) is 2. The van der Waals surface area contributed by atoms with E-state index in [9.17, 15) is 4.79 Å². The number of piperidine rings is 1. The number of aromatic carboxylic acids is 1. The van der Waals surface area contributed by atoms with Crippen LogP contribution in [0, 0.1) is 5.92 Å². The highest BCUT2D eigenvalue weighted by Gasteiger charge is 2.26. The van der Waals surface area contributed by atoms with Gasteiger partial charge in [-0.1, -0.05) is 0 Å². The molecular formula is C14H20N2O4. The van der Waals surface area contributed by atoms with Crippen LogP contribution in [0.15, 0.2) is 18.3 Å². The summed E-state index contributed by atoms with van der Waals surface area (Å²) >= 11 is 0. The van der Waals surface area contributed by atoms with Crippen LogP contribution in [-0.4, -0.2) is 49.7 Å². The molecule has 1 aliphatic rings. The maximum absolute atomic E-state index is 10.8. The molecule has 0 amide bonds. The van der Waals surface area contributed by atoms with Crippen LogP contribution in [0.1, 0.15) is 23.3 Å². The Morgan fingerprint density at radius 3 is 2.45 bits per heavy atom. The van der Waals surface area contributed by atoms with Gasteiger partial charge in [0.1, 0.15) is 5.69 Å². The van der Waals surface area contributed by atoms with Crippen LogP contribution in [0.5, 0.6) is 0 Å². The lowest BCUT2D eigenvalue weighted by atomic mass is 9.96. The molecule has 0 unspecified atom stereocenters. The van der Waals surface area contributed by atoms with E-state index in [1.54, 1.807) is 26.5 Å². The molecule has 0 atom stereocenters. The second-order valence-corrected chi connectivity index (χ2v) is 4.87. The Balaban J connectivity index is 1.95. The van der Waals surface area contributed by atoms with Crippen LogP contribution in [0.3, 0.4) is 0 Å². The zero-order valence-electron chi connectivity index (χ0n) is 11.8. The van der Waals surface area contributed by atoms with E-state index < -0.39 is 5.97 Å². The number of carboxylic acid groups (broad SMARTS) is 1. The lowest BCUT2D eigenvalue weighted by Gasteiger charge is -2.35. The third kappa shape index (κ3) is 3.26. The molecule has 1 aromatic rings. The zero-order chi connectivity index (χ0) is 14.5. The Morgan fingerprint density at radius 1 is 1.35 bits per heavy atom. The minimum atomic E-state index is -1.00. The summed E-state index contributed by atoms with van der Waals surface area (Å²) in [6, 6.07) is 3.35. The summed E-state index contributed by atoms with van der Waals surface area (Å²) in [6.45, 7) is 1.78. The molecule has 2 rings (SSSR count). The number of ether oxygens (including phenoxy) is 2. The molecule has 20 heavy (non-hydrogen) atoms. The third-order valence-corrected chi connectivity index (χ3v) is 3.72. The second kappa shape index (κ2) is 6.67. The molecule has 0 radical (unpaired) electrons. The summed E-state index contributed by atoms with van der Waals surface area (Å²) in [5.41, 5.74) is 1.03. The zero-order valence-corrected chi connectivity index (χ0v) is 11.8. The molecule has 6 nitrogen and oxygen atoms in total. The monoisotopic (exact) mass is 280 g/mol. The molecule has 0 spiro atoms. The van der Waals surface area contributed by atoms with Crippen LogP contribution in [0.25, 0.3) is 0 Å². The molecule has 1 fully saturated rings. The van der Waals surface area contributed by atoms with Crippen molar-refractivity contribution in [3.05, 3.63) is 24.0 Å². The summed E-state index contributed by atoms with van der Waals surface area (Å²) in [5.74, 6) is -0.606. The fraction of sp³-hybridized carbons (Fsp3) is 0.571. The topological polar surface area (TPSA) is 71.9 Å². The first-order valence-electron chi connectivity index (χ1n) is 6.65. The number of hydrogen-bond donors (Lipinski definition) is 1. The highest BCUT2D eigenvalue weighted by molar-refractivity contribution is 5.85. The van der Waals surface area contributed by atoms with Crippen LogP contribution in [-0.2, 0) is 9.47 Å². The van der Waals surface area contributed by atoms with Gasteiger partial charge >= 0.3 is 5.97 Å². The lowest BCUT2D eigenvalue weighted by molar-refractivity contribution is -0.141. The van der Waals surface area contributed by atoms with Gasteiger partial charge in [0, 0.05) is 33.2 Å². The predicted octanol–water partition coefficient (Wildman–Crippen LogP) is 1.62. The number of pyridine rings is 1. The maximum atomic E-state index is 10.8. The number of carbonyl (C=O) groups is 1. The van der Waals surface area contributed by atoms with Crippen molar-refractivity contribution in [2.75, 3.05) is 32.2 Å². The highest BCUT2D eigenvalue weighted by atomic mass is 16.7. The largest absolute Gasteiger partial charge is 0.477 e. The number of aromatic nitrogens is 1. The molecule has 1 aliphatic heterocycles. The van der Waals surface area contributed by atoms with Crippen LogP contribution < -0.4 is 4.90 Å². The van der Waals surface area contributed by atoms with Crippen LogP contribution in [0.4, 0.5) is 5.69 Å². The van der Waals surface area contributed by atoms with Crippen molar-refractivity contribution in [1.29, 1.82) is 0 Å². The van der Waals surface area contributed by atoms with Gasteiger partial charge in [0.25, 0.3) is 0 Å². The number of carboxylic acids is 1. The third-order valence-electron chi connectivity index (χ3n) is 3.72. The van der Waals surface area contributed by atoms with E-state index in [0.29, 0.717) is 5.92 Å². The van der Waals surface area contributed by atoms with Crippen LogP contribution in [0.2, 0.25) is 0 Å². The molecule has 1 N–H and O–H groups in total. The van der Waals surface area contributed by atoms with Gasteiger partial charge in [-0.2, -0.15) is 0 Å². The van der Waals surface area contributed by atoms with Crippen molar-refractivity contribution >= 4 is 11.7 Å². The van der Waals surface area contributed by atoms with E-state index in [1.165, 1.54) is 6.07 Å².